The van der Waals surface area contributed by atoms with Gasteiger partial charge >= 0.3 is 0 Å². The fourth-order valence-corrected chi connectivity index (χ4v) is 2.31. The fraction of sp³-hybridized carbons (Fsp3) is 0.200. The van der Waals surface area contributed by atoms with E-state index in [9.17, 15) is 4.39 Å². The van der Waals surface area contributed by atoms with Gasteiger partial charge in [-0.2, -0.15) is 0 Å². The molecule has 0 heterocycles. The highest BCUT2D eigenvalue weighted by molar-refractivity contribution is 6.32. The summed E-state index contributed by atoms with van der Waals surface area (Å²) < 4.78 is 24.3. The first-order valence-electron chi connectivity index (χ1n) is 6.00. The van der Waals surface area contributed by atoms with E-state index in [1.165, 1.54) is 20.3 Å². The fourth-order valence-electron chi connectivity index (χ4n) is 2.04. The molecule has 1 atom stereocenters. The Bertz CT molecular complexity index is 619. The number of hydrogen-bond donors (Lipinski definition) is 1. The number of ether oxygens (including phenoxy) is 2. The van der Waals surface area contributed by atoms with Crippen molar-refractivity contribution in [2.75, 3.05) is 14.2 Å². The molecule has 0 aliphatic rings. The van der Waals surface area contributed by atoms with Gasteiger partial charge in [-0.3, -0.25) is 0 Å². The number of nitrogens with two attached hydrogens (primary N) is 1. The highest BCUT2D eigenvalue weighted by atomic mass is 35.5. The van der Waals surface area contributed by atoms with Gasteiger partial charge in [-0.25, -0.2) is 4.39 Å². The van der Waals surface area contributed by atoms with Crippen LogP contribution in [0.25, 0.3) is 0 Å². The lowest BCUT2D eigenvalue weighted by atomic mass is 9.98. The van der Waals surface area contributed by atoms with Crippen LogP contribution in [0.15, 0.2) is 36.4 Å². The molecule has 106 valence electrons. The molecule has 0 amide bonds. The van der Waals surface area contributed by atoms with E-state index in [-0.39, 0.29) is 0 Å². The van der Waals surface area contributed by atoms with Crippen molar-refractivity contribution in [2.45, 2.75) is 6.04 Å². The van der Waals surface area contributed by atoms with Crippen molar-refractivity contribution in [3.05, 3.63) is 58.4 Å². The van der Waals surface area contributed by atoms with E-state index in [0.717, 1.165) is 0 Å². The predicted molar refractivity (Wildman–Crippen MR) is 77.0 cm³/mol. The van der Waals surface area contributed by atoms with Crippen LogP contribution in [0.3, 0.4) is 0 Å². The summed E-state index contributed by atoms with van der Waals surface area (Å²) >= 11 is 6.07. The third kappa shape index (κ3) is 2.71. The van der Waals surface area contributed by atoms with E-state index in [1.54, 1.807) is 30.3 Å². The predicted octanol–water partition coefficient (Wildman–Crippen LogP) is 3.54. The zero-order chi connectivity index (χ0) is 14.7. The average Bonchev–Trinajstić information content (AvgIpc) is 2.46. The molecular weight excluding hydrogens is 281 g/mol. The van der Waals surface area contributed by atoms with E-state index in [1.807, 2.05) is 0 Å². The summed E-state index contributed by atoms with van der Waals surface area (Å²) in [5.41, 5.74) is 7.12. The van der Waals surface area contributed by atoms with Crippen molar-refractivity contribution >= 4 is 11.6 Å². The number of halogens is 2. The molecule has 2 aromatic rings. The van der Waals surface area contributed by atoms with E-state index < -0.39 is 11.9 Å². The monoisotopic (exact) mass is 295 g/mol. The highest BCUT2D eigenvalue weighted by Crippen LogP contribution is 2.33. The Labute approximate surface area is 122 Å². The van der Waals surface area contributed by atoms with Crippen LogP contribution in [0.2, 0.25) is 5.02 Å². The summed E-state index contributed by atoms with van der Waals surface area (Å²) in [5.74, 6) is 0.538. The van der Waals surface area contributed by atoms with E-state index >= 15 is 0 Å². The molecule has 20 heavy (non-hydrogen) atoms. The van der Waals surface area contributed by atoms with Crippen molar-refractivity contribution in [1.29, 1.82) is 0 Å². The molecule has 0 bridgehead atoms. The lowest BCUT2D eigenvalue weighted by Gasteiger charge is -2.17. The first-order valence-corrected chi connectivity index (χ1v) is 6.37. The number of hydrogen-bond acceptors (Lipinski definition) is 3. The quantitative estimate of drug-likeness (QED) is 0.938. The van der Waals surface area contributed by atoms with Crippen LogP contribution in [-0.4, -0.2) is 14.2 Å². The van der Waals surface area contributed by atoms with E-state index in [0.29, 0.717) is 27.6 Å². The molecule has 5 heteroatoms. The Hall–Kier alpha value is -1.78. The first kappa shape index (κ1) is 14.6. The lowest BCUT2D eigenvalue weighted by molar-refractivity contribution is 0.402. The van der Waals surface area contributed by atoms with Crippen LogP contribution in [0.4, 0.5) is 4.39 Å². The topological polar surface area (TPSA) is 44.5 Å². The van der Waals surface area contributed by atoms with Gasteiger partial charge in [-0.05, 0) is 29.8 Å². The molecule has 2 aromatic carbocycles. The second kappa shape index (κ2) is 6.11. The number of benzene rings is 2. The van der Waals surface area contributed by atoms with Gasteiger partial charge in [0.15, 0.2) is 0 Å². The Kier molecular flexibility index (Phi) is 4.47. The van der Waals surface area contributed by atoms with E-state index in [2.05, 4.69) is 0 Å². The van der Waals surface area contributed by atoms with Crippen LogP contribution < -0.4 is 15.2 Å². The lowest BCUT2D eigenvalue weighted by Crippen LogP contribution is -2.15. The van der Waals surface area contributed by atoms with Crippen LogP contribution >= 0.6 is 11.6 Å². The largest absolute Gasteiger partial charge is 0.496 e. The van der Waals surface area contributed by atoms with Gasteiger partial charge in [-0.15, -0.1) is 0 Å². The van der Waals surface area contributed by atoms with Gasteiger partial charge in [0, 0.05) is 0 Å². The SMILES string of the molecule is COc1ccc(C(N)c2c(F)cccc2OC)cc1Cl. The molecule has 0 aliphatic carbocycles. The molecule has 0 saturated carbocycles. The van der Waals surface area contributed by atoms with Gasteiger partial charge in [-0.1, -0.05) is 23.7 Å². The second-order valence-electron chi connectivity index (χ2n) is 4.23. The average molecular weight is 296 g/mol. The second-order valence-corrected chi connectivity index (χ2v) is 4.63. The molecule has 0 radical (unpaired) electrons. The first-order chi connectivity index (χ1) is 9.58. The maximum atomic E-state index is 14.0. The van der Waals surface area contributed by atoms with E-state index in [4.69, 9.17) is 26.8 Å². The maximum absolute atomic E-state index is 14.0. The van der Waals surface area contributed by atoms with Gasteiger partial charge < -0.3 is 15.2 Å². The van der Waals surface area contributed by atoms with Crippen LogP contribution in [-0.2, 0) is 0 Å². The van der Waals surface area contributed by atoms with Crippen LogP contribution in [0.1, 0.15) is 17.2 Å². The minimum atomic E-state index is -0.672. The molecule has 2 rings (SSSR count). The minimum absolute atomic E-state index is 0.302. The maximum Gasteiger partial charge on any atom is 0.137 e. The molecule has 0 aromatic heterocycles. The van der Waals surface area contributed by atoms with Gasteiger partial charge in [0.05, 0.1) is 30.8 Å². The van der Waals surface area contributed by atoms with Crippen molar-refractivity contribution in [3.8, 4) is 11.5 Å². The van der Waals surface area contributed by atoms with Crippen molar-refractivity contribution in [1.82, 2.24) is 0 Å². The van der Waals surface area contributed by atoms with Crippen molar-refractivity contribution in [2.24, 2.45) is 5.73 Å². The molecule has 0 fully saturated rings. The third-order valence-electron chi connectivity index (χ3n) is 3.08. The van der Waals surface area contributed by atoms with Gasteiger partial charge in [0.2, 0.25) is 0 Å². The zero-order valence-electron chi connectivity index (χ0n) is 11.2. The summed E-state index contributed by atoms with van der Waals surface area (Å²) in [6.07, 6.45) is 0. The Morgan fingerprint density at radius 2 is 1.80 bits per heavy atom. The summed E-state index contributed by atoms with van der Waals surface area (Å²) in [7, 11) is 3.01. The smallest absolute Gasteiger partial charge is 0.137 e. The molecule has 2 N–H and O–H groups in total. The molecule has 1 unspecified atom stereocenters. The summed E-state index contributed by atoms with van der Waals surface area (Å²) in [5, 5.41) is 0.427. The standard InChI is InChI=1S/C15H15ClFNO2/c1-19-12-7-6-9(8-10(12)16)15(18)14-11(17)4-3-5-13(14)20-2/h3-8,15H,18H2,1-2H3. The minimum Gasteiger partial charge on any atom is -0.496 e. The number of rotatable bonds is 4. The molecule has 0 aliphatic heterocycles. The Morgan fingerprint density at radius 1 is 1.10 bits per heavy atom. The number of methoxy groups -OCH3 is 2. The summed E-state index contributed by atoms with van der Waals surface area (Å²) in [6.45, 7) is 0. The Morgan fingerprint density at radius 3 is 2.40 bits per heavy atom. The molecule has 0 saturated heterocycles. The zero-order valence-corrected chi connectivity index (χ0v) is 11.9. The summed E-state index contributed by atoms with van der Waals surface area (Å²) in [6, 6.07) is 9.04. The Balaban J connectivity index is 2.46. The molecule has 3 nitrogen and oxygen atoms in total. The normalized spacial score (nSPS) is 12.1. The summed E-state index contributed by atoms with van der Waals surface area (Å²) in [4.78, 5) is 0. The molecular formula is C15H15ClFNO2. The molecule has 0 spiro atoms. The van der Waals surface area contributed by atoms with Crippen LogP contribution in [0, 0.1) is 5.82 Å². The highest BCUT2D eigenvalue weighted by Gasteiger charge is 2.19. The van der Waals surface area contributed by atoms with Crippen LogP contribution in [0.5, 0.6) is 11.5 Å². The van der Waals surface area contributed by atoms with Crippen molar-refractivity contribution in [3.63, 3.8) is 0 Å². The van der Waals surface area contributed by atoms with Gasteiger partial charge in [0.1, 0.15) is 17.3 Å². The van der Waals surface area contributed by atoms with Crippen molar-refractivity contribution < 1.29 is 13.9 Å². The van der Waals surface area contributed by atoms with Gasteiger partial charge in [0.25, 0.3) is 0 Å². The third-order valence-corrected chi connectivity index (χ3v) is 3.37.